The molecule has 7 nitrogen and oxygen atoms in total. The second-order valence-corrected chi connectivity index (χ2v) is 4.59. The Bertz CT molecular complexity index is 867. The zero-order valence-electron chi connectivity index (χ0n) is 11.1. The average Bonchev–Trinajstić information content (AvgIpc) is 2.88. The summed E-state index contributed by atoms with van der Waals surface area (Å²) in [6.45, 7) is 0. The second-order valence-electron chi connectivity index (χ2n) is 4.59. The van der Waals surface area contributed by atoms with E-state index in [2.05, 4.69) is 15.1 Å². The lowest BCUT2D eigenvalue weighted by Crippen LogP contribution is -2.08. The van der Waals surface area contributed by atoms with E-state index in [1.54, 1.807) is 30.2 Å². The van der Waals surface area contributed by atoms with Crippen molar-refractivity contribution in [3.63, 3.8) is 0 Å². The summed E-state index contributed by atoms with van der Waals surface area (Å²) in [6.07, 6.45) is 3.36. The van der Waals surface area contributed by atoms with E-state index in [1.807, 2.05) is 0 Å². The number of H-pyrrole nitrogens is 1. The van der Waals surface area contributed by atoms with Crippen molar-refractivity contribution in [3.8, 4) is 34.1 Å². The van der Waals surface area contributed by atoms with Crippen molar-refractivity contribution in [3.05, 3.63) is 47.0 Å². The fourth-order valence-corrected chi connectivity index (χ4v) is 1.97. The molecular weight excluding hydrogens is 272 g/mol. The number of aromatic nitrogens is 4. The standard InChI is InChI=1S/C14H12N4O3/c1-18-7-9(6-15-18)10-5-13(21)17-14(16-10)8-2-3-11(19)12(20)4-8/h2-7,19-20H,1H3,(H,16,17,21). The van der Waals surface area contributed by atoms with Crippen LogP contribution in [0.15, 0.2) is 41.5 Å². The topological polar surface area (TPSA) is 104 Å². The number of hydrogen-bond donors (Lipinski definition) is 3. The van der Waals surface area contributed by atoms with Gasteiger partial charge in [-0.15, -0.1) is 0 Å². The summed E-state index contributed by atoms with van der Waals surface area (Å²) >= 11 is 0. The quantitative estimate of drug-likeness (QED) is 0.614. The molecule has 3 N–H and O–H groups in total. The molecular formula is C14H12N4O3. The van der Waals surface area contributed by atoms with E-state index >= 15 is 0 Å². The summed E-state index contributed by atoms with van der Waals surface area (Å²) in [7, 11) is 1.77. The molecule has 0 amide bonds. The van der Waals surface area contributed by atoms with Crippen molar-refractivity contribution in [1.29, 1.82) is 0 Å². The maximum atomic E-state index is 11.8. The molecule has 0 saturated heterocycles. The first-order valence-electron chi connectivity index (χ1n) is 6.15. The van der Waals surface area contributed by atoms with Crippen molar-refractivity contribution in [2.45, 2.75) is 0 Å². The molecule has 1 aromatic carbocycles. The first-order valence-corrected chi connectivity index (χ1v) is 6.15. The SMILES string of the molecule is Cn1cc(-c2cc(=O)[nH]c(-c3ccc(O)c(O)c3)n2)cn1. The van der Waals surface area contributed by atoms with Gasteiger partial charge >= 0.3 is 0 Å². The summed E-state index contributed by atoms with van der Waals surface area (Å²) in [5, 5.41) is 22.9. The monoisotopic (exact) mass is 284 g/mol. The first-order chi connectivity index (χ1) is 10.0. The predicted octanol–water partition coefficient (Wildman–Crippen LogP) is 1.25. The number of aromatic amines is 1. The number of rotatable bonds is 2. The molecule has 3 aromatic rings. The van der Waals surface area contributed by atoms with E-state index in [0.29, 0.717) is 22.6 Å². The third kappa shape index (κ3) is 2.48. The Morgan fingerprint density at radius 2 is 1.95 bits per heavy atom. The molecule has 7 heteroatoms. The summed E-state index contributed by atoms with van der Waals surface area (Å²) in [5.74, 6) is -0.205. The Balaban J connectivity index is 2.13. The molecule has 106 valence electrons. The molecule has 21 heavy (non-hydrogen) atoms. The summed E-state index contributed by atoms with van der Waals surface area (Å²) in [6, 6.07) is 5.60. The minimum absolute atomic E-state index is 0.232. The van der Waals surface area contributed by atoms with Crippen LogP contribution >= 0.6 is 0 Å². The van der Waals surface area contributed by atoms with Gasteiger partial charge in [-0.3, -0.25) is 9.48 Å². The number of nitrogens with zero attached hydrogens (tertiary/aromatic N) is 3. The third-order valence-electron chi connectivity index (χ3n) is 2.99. The molecule has 0 aliphatic rings. The van der Waals surface area contributed by atoms with Crippen LogP contribution in [0.1, 0.15) is 0 Å². The lowest BCUT2D eigenvalue weighted by atomic mass is 10.1. The lowest BCUT2D eigenvalue weighted by molar-refractivity contribution is 0.404. The Labute approximate surface area is 119 Å². The van der Waals surface area contributed by atoms with Gasteiger partial charge in [0.1, 0.15) is 5.82 Å². The Hall–Kier alpha value is -3.09. The van der Waals surface area contributed by atoms with Gasteiger partial charge in [0.25, 0.3) is 5.56 Å². The smallest absolute Gasteiger partial charge is 0.251 e. The zero-order valence-corrected chi connectivity index (χ0v) is 11.1. The van der Waals surface area contributed by atoms with Gasteiger partial charge in [0, 0.05) is 30.4 Å². The van der Waals surface area contributed by atoms with Gasteiger partial charge in [-0.1, -0.05) is 0 Å². The minimum Gasteiger partial charge on any atom is -0.504 e. The molecule has 3 rings (SSSR count). The average molecular weight is 284 g/mol. The van der Waals surface area contributed by atoms with E-state index in [4.69, 9.17) is 0 Å². The molecule has 0 aliphatic heterocycles. The molecule has 0 aliphatic carbocycles. The van der Waals surface area contributed by atoms with Gasteiger partial charge in [-0.25, -0.2) is 4.98 Å². The predicted molar refractivity (Wildman–Crippen MR) is 75.8 cm³/mol. The van der Waals surface area contributed by atoms with Gasteiger partial charge < -0.3 is 15.2 Å². The number of benzene rings is 1. The maximum absolute atomic E-state index is 11.8. The first kappa shape index (κ1) is 12.9. The van der Waals surface area contributed by atoms with Crippen LogP contribution in [0.5, 0.6) is 11.5 Å². The molecule has 0 bridgehead atoms. The number of aryl methyl sites for hydroxylation is 1. The molecule has 2 aromatic heterocycles. The normalized spacial score (nSPS) is 10.7. The fraction of sp³-hybridized carbons (Fsp3) is 0.0714. The number of phenols is 2. The molecule has 0 saturated carbocycles. The van der Waals surface area contributed by atoms with Crippen molar-refractivity contribution < 1.29 is 10.2 Å². The van der Waals surface area contributed by atoms with Crippen molar-refractivity contribution in [2.75, 3.05) is 0 Å². The molecule has 0 unspecified atom stereocenters. The number of aromatic hydroxyl groups is 2. The van der Waals surface area contributed by atoms with Gasteiger partial charge in [-0.05, 0) is 18.2 Å². The van der Waals surface area contributed by atoms with E-state index in [9.17, 15) is 15.0 Å². The Kier molecular flexibility index (Phi) is 2.94. The number of hydrogen-bond acceptors (Lipinski definition) is 5. The van der Waals surface area contributed by atoms with E-state index in [-0.39, 0.29) is 17.1 Å². The highest BCUT2D eigenvalue weighted by Gasteiger charge is 2.09. The van der Waals surface area contributed by atoms with E-state index in [0.717, 1.165) is 0 Å². The van der Waals surface area contributed by atoms with E-state index in [1.165, 1.54) is 18.2 Å². The number of phenolic OH excluding ortho intramolecular Hbond substituents is 2. The van der Waals surface area contributed by atoms with Crippen LogP contribution < -0.4 is 5.56 Å². The van der Waals surface area contributed by atoms with Gasteiger partial charge in [-0.2, -0.15) is 5.10 Å². The molecule has 0 spiro atoms. The zero-order chi connectivity index (χ0) is 15.0. The van der Waals surface area contributed by atoms with Crippen molar-refractivity contribution in [1.82, 2.24) is 19.7 Å². The Morgan fingerprint density at radius 1 is 1.14 bits per heavy atom. The van der Waals surface area contributed by atoms with Crippen molar-refractivity contribution in [2.24, 2.45) is 7.05 Å². The molecule has 0 radical (unpaired) electrons. The minimum atomic E-state index is -0.314. The van der Waals surface area contributed by atoms with E-state index < -0.39 is 0 Å². The second kappa shape index (κ2) is 4.78. The van der Waals surface area contributed by atoms with Crippen LogP contribution in [0.3, 0.4) is 0 Å². The fourth-order valence-electron chi connectivity index (χ4n) is 1.97. The van der Waals surface area contributed by atoms with Gasteiger partial charge in [0.2, 0.25) is 0 Å². The van der Waals surface area contributed by atoms with Crippen molar-refractivity contribution >= 4 is 0 Å². The van der Waals surface area contributed by atoms with Crippen LogP contribution in [-0.2, 0) is 7.05 Å². The third-order valence-corrected chi connectivity index (χ3v) is 2.99. The summed E-state index contributed by atoms with van der Waals surface area (Å²) in [4.78, 5) is 18.7. The van der Waals surface area contributed by atoms with Crippen LogP contribution in [0.25, 0.3) is 22.6 Å². The van der Waals surface area contributed by atoms with Crippen LogP contribution in [-0.4, -0.2) is 30.0 Å². The highest BCUT2D eigenvalue weighted by molar-refractivity contribution is 5.64. The Morgan fingerprint density at radius 3 is 2.62 bits per heavy atom. The molecule has 0 fully saturated rings. The maximum Gasteiger partial charge on any atom is 0.251 e. The highest BCUT2D eigenvalue weighted by atomic mass is 16.3. The van der Waals surface area contributed by atoms with Crippen LogP contribution in [0.2, 0.25) is 0 Å². The van der Waals surface area contributed by atoms with Crippen LogP contribution in [0, 0.1) is 0 Å². The number of nitrogens with one attached hydrogen (secondary N) is 1. The van der Waals surface area contributed by atoms with Gasteiger partial charge in [0.05, 0.1) is 11.9 Å². The summed E-state index contributed by atoms with van der Waals surface area (Å²) in [5.41, 5.74) is 1.38. The molecule has 2 heterocycles. The summed E-state index contributed by atoms with van der Waals surface area (Å²) < 4.78 is 1.62. The van der Waals surface area contributed by atoms with Crippen LogP contribution in [0.4, 0.5) is 0 Å². The largest absolute Gasteiger partial charge is 0.504 e. The lowest BCUT2D eigenvalue weighted by Gasteiger charge is -2.04. The highest BCUT2D eigenvalue weighted by Crippen LogP contribution is 2.29. The van der Waals surface area contributed by atoms with Gasteiger partial charge in [0.15, 0.2) is 11.5 Å². The molecule has 0 atom stereocenters.